The Kier molecular flexibility index (Phi) is 3.72. The van der Waals surface area contributed by atoms with Crippen LogP contribution in [0, 0.1) is 0 Å². The highest BCUT2D eigenvalue weighted by atomic mass is 35.5. The Morgan fingerprint density at radius 1 is 1.33 bits per heavy atom. The van der Waals surface area contributed by atoms with E-state index in [0.717, 1.165) is 23.8 Å². The number of rotatable bonds is 4. The van der Waals surface area contributed by atoms with Gasteiger partial charge in [-0.15, -0.1) is 11.3 Å². The van der Waals surface area contributed by atoms with E-state index in [2.05, 4.69) is 10.3 Å². The van der Waals surface area contributed by atoms with Gasteiger partial charge in [-0.1, -0.05) is 17.7 Å². The maximum Gasteiger partial charge on any atom is 0.0541 e. The molecule has 78 valence electrons. The van der Waals surface area contributed by atoms with Gasteiger partial charge in [-0.25, -0.2) is 0 Å². The van der Waals surface area contributed by atoms with Crippen molar-refractivity contribution >= 4 is 22.9 Å². The molecule has 4 heteroatoms. The van der Waals surface area contributed by atoms with Crippen molar-refractivity contribution in [3.8, 4) is 0 Å². The molecule has 0 bridgehead atoms. The summed E-state index contributed by atoms with van der Waals surface area (Å²) in [5.41, 5.74) is 1.06. The summed E-state index contributed by atoms with van der Waals surface area (Å²) in [7, 11) is 0. The number of hydrogen-bond acceptors (Lipinski definition) is 3. The van der Waals surface area contributed by atoms with Gasteiger partial charge in [0.2, 0.25) is 0 Å². The normalized spacial score (nSPS) is 10.5. The molecule has 0 amide bonds. The Bertz CT molecular complexity index is 414. The second kappa shape index (κ2) is 5.26. The molecule has 0 fully saturated rings. The summed E-state index contributed by atoms with van der Waals surface area (Å²) in [6, 6.07) is 7.90. The molecule has 0 saturated heterocycles. The molecular weight excluding hydrogens is 228 g/mol. The smallest absolute Gasteiger partial charge is 0.0541 e. The second-order valence-corrected chi connectivity index (χ2v) is 4.59. The lowest BCUT2D eigenvalue weighted by Crippen LogP contribution is -2.12. The average Bonchev–Trinajstić information content (AvgIpc) is 2.66. The van der Waals surface area contributed by atoms with Crippen LogP contribution in [0.25, 0.3) is 0 Å². The summed E-state index contributed by atoms with van der Waals surface area (Å²) in [4.78, 5) is 5.48. The molecule has 0 atom stereocenters. The molecule has 2 heterocycles. The standard InChI is InChI=1S/C11H11ClN2S/c12-9-5-11(15-8-9)7-13-6-10-3-1-2-4-14-10/h1-5,8,13H,6-7H2. The number of halogens is 1. The van der Waals surface area contributed by atoms with Gasteiger partial charge in [0.1, 0.15) is 0 Å². The first-order valence-electron chi connectivity index (χ1n) is 4.68. The molecule has 2 aromatic rings. The largest absolute Gasteiger partial charge is 0.306 e. The number of pyridine rings is 1. The first-order chi connectivity index (χ1) is 7.34. The number of nitrogens with zero attached hydrogens (tertiary/aromatic N) is 1. The fraction of sp³-hybridized carbons (Fsp3) is 0.182. The van der Waals surface area contributed by atoms with Gasteiger partial charge in [0.25, 0.3) is 0 Å². The van der Waals surface area contributed by atoms with Crippen LogP contribution in [0.4, 0.5) is 0 Å². The zero-order valence-electron chi connectivity index (χ0n) is 8.11. The van der Waals surface area contributed by atoms with Crippen LogP contribution in [0.3, 0.4) is 0 Å². The average molecular weight is 239 g/mol. The first-order valence-corrected chi connectivity index (χ1v) is 5.94. The van der Waals surface area contributed by atoms with Crippen LogP contribution >= 0.6 is 22.9 Å². The van der Waals surface area contributed by atoms with E-state index in [9.17, 15) is 0 Å². The predicted molar refractivity (Wildman–Crippen MR) is 64.1 cm³/mol. The molecule has 1 N–H and O–H groups in total. The highest BCUT2D eigenvalue weighted by molar-refractivity contribution is 7.10. The Morgan fingerprint density at radius 3 is 2.93 bits per heavy atom. The van der Waals surface area contributed by atoms with Gasteiger partial charge in [-0.2, -0.15) is 0 Å². The van der Waals surface area contributed by atoms with Crippen molar-refractivity contribution < 1.29 is 0 Å². The van der Waals surface area contributed by atoms with Crippen molar-refractivity contribution in [1.29, 1.82) is 0 Å². The SMILES string of the molecule is Clc1csc(CNCc2ccccn2)c1. The molecule has 0 aromatic carbocycles. The zero-order valence-corrected chi connectivity index (χ0v) is 9.68. The molecule has 0 radical (unpaired) electrons. The van der Waals surface area contributed by atoms with Crippen LogP contribution in [0.1, 0.15) is 10.6 Å². The third kappa shape index (κ3) is 3.30. The van der Waals surface area contributed by atoms with Gasteiger partial charge in [0.15, 0.2) is 0 Å². The van der Waals surface area contributed by atoms with Crippen LogP contribution in [0.15, 0.2) is 35.8 Å². The summed E-state index contributed by atoms with van der Waals surface area (Å²) in [6.45, 7) is 1.63. The molecule has 0 aliphatic rings. The van der Waals surface area contributed by atoms with Crippen LogP contribution < -0.4 is 5.32 Å². The van der Waals surface area contributed by atoms with Crippen LogP contribution in [-0.4, -0.2) is 4.98 Å². The van der Waals surface area contributed by atoms with E-state index in [-0.39, 0.29) is 0 Å². The molecule has 2 nitrogen and oxygen atoms in total. The Hall–Kier alpha value is -0.900. The van der Waals surface area contributed by atoms with E-state index in [1.807, 2.05) is 29.6 Å². The lowest BCUT2D eigenvalue weighted by atomic mass is 10.3. The van der Waals surface area contributed by atoms with Crippen molar-refractivity contribution in [3.63, 3.8) is 0 Å². The molecule has 15 heavy (non-hydrogen) atoms. The van der Waals surface area contributed by atoms with E-state index >= 15 is 0 Å². The highest BCUT2D eigenvalue weighted by Gasteiger charge is 1.97. The van der Waals surface area contributed by atoms with Crippen LogP contribution in [0.2, 0.25) is 5.02 Å². The minimum atomic E-state index is 0.788. The van der Waals surface area contributed by atoms with Gasteiger partial charge in [-0.3, -0.25) is 4.98 Å². The summed E-state index contributed by atoms with van der Waals surface area (Å²) >= 11 is 7.50. The summed E-state index contributed by atoms with van der Waals surface area (Å²) in [6.07, 6.45) is 1.80. The van der Waals surface area contributed by atoms with Crippen LogP contribution in [0.5, 0.6) is 0 Å². The van der Waals surface area contributed by atoms with E-state index < -0.39 is 0 Å². The van der Waals surface area contributed by atoms with E-state index in [1.165, 1.54) is 4.88 Å². The third-order valence-electron chi connectivity index (χ3n) is 1.95. The van der Waals surface area contributed by atoms with Crippen molar-refractivity contribution in [2.45, 2.75) is 13.1 Å². The quantitative estimate of drug-likeness (QED) is 0.886. The number of aromatic nitrogens is 1. The number of nitrogens with one attached hydrogen (secondary N) is 1. The lowest BCUT2D eigenvalue weighted by molar-refractivity contribution is 0.686. The Labute approximate surface area is 97.9 Å². The van der Waals surface area contributed by atoms with Gasteiger partial charge in [0, 0.05) is 29.5 Å². The molecule has 0 aliphatic heterocycles. The minimum Gasteiger partial charge on any atom is -0.306 e. The zero-order chi connectivity index (χ0) is 10.5. The molecule has 2 rings (SSSR count). The van der Waals surface area contributed by atoms with Crippen molar-refractivity contribution in [1.82, 2.24) is 10.3 Å². The maximum absolute atomic E-state index is 5.83. The topological polar surface area (TPSA) is 24.9 Å². The molecule has 0 saturated carbocycles. The molecular formula is C11H11ClN2S. The fourth-order valence-corrected chi connectivity index (χ4v) is 2.31. The molecule has 0 aliphatic carbocycles. The Balaban J connectivity index is 1.80. The number of thiophene rings is 1. The van der Waals surface area contributed by atoms with Gasteiger partial charge in [-0.05, 0) is 18.2 Å². The van der Waals surface area contributed by atoms with Gasteiger partial charge >= 0.3 is 0 Å². The van der Waals surface area contributed by atoms with Crippen molar-refractivity contribution in [3.05, 3.63) is 51.4 Å². The summed E-state index contributed by atoms with van der Waals surface area (Å²) in [5.74, 6) is 0. The molecule has 0 spiro atoms. The molecule has 0 unspecified atom stereocenters. The van der Waals surface area contributed by atoms with E-state index in [0.29, 0.717) is 0 Å². The maximum atomic E-state index is 5.83. The third-order valence-corrected chi connectivity index (χ3v) is 3.24. The van der Waals surface area contributed by atoms with Crippen LogP contribution in [-0.2, 0) is 13.1 Å². The second-order valence-electron chi connectivity index (χ2n) is 3.16. The summed E-state index contributed by atoms with van der Waals surface area (Å²) in [5, 5.41) is 6.08. The fourth-order valence-electron chi connectivity index (χ4n) is 1.26. The van der Waals surface area contributed by atoms with E-state index in [1.54, 1.807) is 17.5 Å². The van der Waals surface area contributed by atoms with Crippen molar-refractivity contribution in [2.75, 3.05) is 0 Å². The summed E-state index contributed by atoms with van der Waals surface area (Å²) < 4.78 is 0. The van der Waals surface area contributed by atoms with E-state index in [4.69, 9.17) is 11.6 Å². The van der Waals surface area contributed by atoms with Gasteiger partial charge in [0.05, 0.1) is 10.7 Å². The minimum absolute atomic E-state index is 0.788. The van der Waals surface area contributed by atoms with Crippen molar-refractivity contribution in [2.24, 2.45) is 0 Å². The first kappa shape index (κ1) is 10.6. The highest BCUT2D eigenvalue weighted by Crippen LogP contribution is 2.18. The Morgan fingerprint density at radius 2 is 2.27 bits per heavy atom. The lowest BCUT2D eigenvalue weighted by Gasteiger charge is -2.01. The molecule has 2 aromatic heterocycles. The number of hydrogen-bond donors (Lipinski definition) is 1. The monoisotopic (exact) mass is 238 g/mol. The predicted octanol–water partition coefficient (Wildman–Crippen LogP) is 3.09. The van der Waals surface area contributed by atoms with Gasteiger partial charge < -0.3 is 5.32 Å².